The predicted octanol–water partition coefficient (Wildman–Crippen LogP) is 2.13. The molecule has 2 N–H and O–H groups in total. The fourth-order valence-corrected chi connectivity index (χ4v) is 2.81. The molecule has 120 valence electrons. The van der Waals surface area contributed by atoms with E-state index in [2.05, 4.69) is 10.5 Å². The second kappa shape index (κ2) is 6.12. The summed E-state index contributed by atoms with van der Waals surface area (Å²) in [5.41, 5.74) is 1.77. The molecule has 1 aromatic carbocycles. The van der Waals surface area contributed by atoms with Crippen molar-refractivity contribution < 1.29 is 19.2 Å². The molecular weight excluding hydrogens is 298 g/mol. The first-order chi connectivity index (χ1) is 11.1. The van der Waals surface area contributed by atoms with Crippen molar-refractivity contribution in [2.24, 2.45) is 0 Å². The van der Waals surface area contributed by atoms with Crippen LogP contribution in [0, 0.1) is 6.92 Å². The summed E-state index contributed by atoms with van der Waals surface area (Å²) >= 11 is 0. The van der Waals surface area contributed by atoms with Gasteiger partial charge in [0, 0.05) is 18.7 Å². The van der Waals surface area contributed by atoms with Gasteiger partial charge in [-0.1, -0.05) is 35.5 Å². The minimum Gasteiger partial charge on any atom is -0.465 e. The summed E-state index contributed by atoms with van der Waals surface area (Å²) in [6, 6.07) is 9.13. The first-order valence-electron chi connectivity index (χ1n) is 7.36. The van der Waals surface area contributed by atoms with E-state index >= 15 is 0 Å². The molecule has 0 saturated carbocycles. The third-order valence-corrected chi connectivity index (χ3v) is 3.93. The predicted molar refractivity (Wildman–Crippen MR) is 82.1 cm³/mol. The van der Waals surface area contributed by atoms with Gasteiger partial charge in [0.15, 0.2) is 0 Å². The molecule has 23 heavy (non-hydrogen) atoms. The van der Waals surface area contributed by atoms with Crippen molar-refractivity contribution in [3.63, 3.8) is 0 Å². The van der Waals surface area contributed by atoms with Gasteiger partial charge in [0.25, 0.3) is 5.91 Å². The Morgan fingerprint density at radius 2 is 2.09 bits per heavy atom. The van der Waals surface area contributed by atoms with Crippen LogP contribution in [-0.2, 0) is 0 Å². The van der Waals surface area contributed by atoms with Crippen LogP contribution in [0.3, 0.4) is 0 Å². The number of benzene rings is 1. The fourth-order valence-electron chi connectivity index (χ4n) is 2.81. The average molecular weight is 315 g/mol. The maximum atomic E-state index is 12.8. The smallest absolute Gasteiger partial charge is 0.404 e. The van der Waals surface area contributed by atoms with Gasteiger partial charge in [0.05, 0.1) is 6.04 Å². The molecule has 7 nitrogen and oxygen atoms in total. The Labute approximate surface area is 132 Å². The Hall–Kier alpha value is -2.83. The second-order valence-corrected chi connectivity index (χ2v) is 5.51. The highest BCUT2D eigenvalue weighted by Crippen LogP contribution is 2.27. The third kappa shape index (κ3) is 3.03. The minimum atomic E-state index is -1.07. The first-order valence-corrected chi connectivity index (χ1v) is 7.36. The lowest BCUT2D eigenvalue weighted by molar-refractivity contribution is 0.0787. The second-order valence-electron chi connectivity index (χ2n) is 5.51. The van der Waals surface area contributed by atoms with Crippen LogP contribution in [0.2, 0.25) is 0 Å². The molecule has 1 aliphatic heterocycles. The van der Waals surface area contributed by atoms with Crippen molar-refractivity contribution in [1.82, 2.24) is 15.4 Å². The highest BCUT2D eigenvalue weighted by Gasteiger charge is 2.32. The number of amides is 2. The summed E-state index contributed by atoms with van der Waals surface area (Å²) in [6.07, 6.45) is -0.473. The zero-order valence-electron chi connectivity index (χ0n) is 12.7. The Balaban J connectivity index is 1.84. The number of aryl methyl sites for hydroxylation is 1. The molecule has 3 rings (SSSR count). The molecule has 1 aliphatic rings. The largest absolute Gasteiger partial charge is 0.465 e. The van der Waals surface area contributed by atoms with E-state index in [1.807, 2.05) is 30.3 Å². The maximum absolute atomic E-state index is 12.8. The number of aromatic nitrogens is 1. The summed E-state index contributed by atoms with van der Waals surface area (Å²) in [7, 11) is 0. The number of nitrogens with one attached hydrogen (secondary N) is 1. The molecule has 1 fully saturated rings. The molecule has 0 bridgehead atoms. The molecule has 2 amide bonds. The summed E-state index contributed by atoms with van der Waals surface area (Å²) in [6.45, 7) is 2.56. The van der Waals surface area contributed by atoms with Crippen LogP contribution in [0.5, 0.6) is 0 Å². The lowest BCUT2D eigenvalue weighted by Gasteiger charge is -2.16. The van der Waals surface area contributed by atoms with Crippen molar-refractivity contribution in [3.05, 3.63) is 41.7 Å². The molecule has 2 aromatic rings. The van der Waals surface area contributed by atoms with Crippen LogP contribution >= 0.6 is 0 Å². The Morgan fingerprint density at radius 3 is 2.78 bits per heavy atom. The van der Waals surface area contributed by atoms with E-state index in [-0.39, 0.29) is 11.9 Å². The normalized spacial score (nSPS) is 17.3. The zero-order chi connectivity index (χ0) is 16.4. The topological polar surface area (TPSA) is 95.7 Å². The maximum Gasteiger partial charge on any atom is 0.404 e. The van der Waals surface area contributed by atoms with Gasteiger partial charge in [-0.15, -0.1) is 0 Å². The number of likely N-dealkylation sites (tertiary alicyclic amines) is 1. The molecular formula is C16H17N3O4. The van der Waals surface area contributed by atoms with Gasteiger partial charge in [0.1, 0.15) is 17.0 Å². The standard InChI is InChI=1S/C16H17N3O4/c1-10-13(14(18-23-10)11-5-3-2-4-6-11)15(20)19-8-7-12(9-19)17-16(21)22/h2-6,12,17H,7-9H2,1H3,(H,21,22). The number of hydrogen-bond acceptors (Lipinski definition) is 4. The lowest BCUT2D eigenvalue weighted by Crippen LogP contribution is -2.37. The Kier molecular flexibility index (Phi) is 4.01. The minimum absolute atomic E-state index is 0.183. The zero-order valence-corrected chi connectivity index (χ0v) is 12.7. The van der Waals surface area contributed by atoms with Crippen molar-refractivity contribution >= 4 is 12.0 Å². The number of nitrogens with zero attached hydrogens (tertiary/aromatic N) is 2. The van der Waals surface area contributed by atoms with Gasteiger partial charge in [-0.3, -0.25) is 4.79 Å². The van der Waals surface area contributed by atoms with E-state index in [1.54, 1.807) is 11.8 Å². The molecule has 0 radical (unpaired) electrons. The van der Waals surface area contributed by atoms with E-state index in [4.69, 9.17) is 9.63 Å². The van der Waals surface area contributed by atoms with E-state index in [0.717, 1.165) is 5.56 Å². The number of carbonyl (C=O) groups excluding carboxylic acids is 1. The van der Waals surface area contributed by atoms with Crippen LogP contribution in [0.25, 0.3) is 11.3 Å². The number of carboxylic acid groups (broad SMARTS) is 1. The van der Waals surface area contributed by atoms with Crippen molar-refractivity contribution in [1.29, 1.82) is 0 Å². The molecule has 1 atom stereocenters. The van der Waals surface area contributed by atoms with Crippen molar-refractivity contribution in [2.45, 2.75) is 19.4 Å². The molecule has 1 unspecified atom stereocenters. The number of rotatable bonds is 3. The molecule has 7 heteroatoms. The summed E-state index contributed by atoms with van der Waals surface area (Å²) in [5.74, 6) is 0.279. The van der Waals surface area contributed by atoms with Crippen molar-refractivity contribution in [2.75, 3.05) is 13.1 Å². The van der Waals surface area contributed by atoms with Gasteiger partial charge in [-0.05, 0) is 13.3 Å². The lowest BCUT2D eigenvalue weighted by atomic mass is 10.1. The third-order valence-electron chi connectivity index (χ3n) is 3.93. The molecule has 2 heterocycles. The Morgan fingerprint density at radius 1 is 1.35 bits per heavy atom. The van der Waals surface area contributed by atoms with E-state index < -0.39 is 6.09 Å². The van der Waals surface area contributed by atoms with Gasteiger partial charge in [-0.2, -0.15) is 0 Å². The highest BCUT2D eigenvalue weighted by molar-refractivity contribution is 6.01. The summed E-state index contributed by atoms with van der Waals surface area (Å²) in [5, 5.41) is 15.2. The van der Waals surface area contributed by atoms with E-state index in [0.29, 0.717) is 36.5 Å². The van der Waals surface area contributed by atoms with Gasteiger partial charge < -0.3 is 19.8 Å². The summed E-state index contributed by atoms with van der Waals surface area (Å²) < 4.78 is 5.21. The number of hydrogen-bond donors (Lipinski definition) is 2. The van der Waals surface area contributed by atoms with Crippen LogP contribution in [0.15, 0.2) is 34.9 Å². The van der Waals surface area contributed by atoms with Crippen LogP contribution in [-0.4, -0.2) is 46.3 Å². The van der Waals surface area contributed by atoms with E-state index in [9.17, 15) is 9.59 Å². The first kappa shape index (κ1) is 15.1. The van der Waals surface area contributed by atoms with Gasteiger partial charge in [-0.25, -0.2) is 4.79 Å². The molecule has 0 spiro atoms. The van der Waals surface area contributed by atoms with Crippen LogP contribution < -0.4 is 5.32 Å². The van der Waals surface area contributed by atoms with E-state index in [1.165, 1.54) is 0 Å². The highest BCUT2D eigenvalue weighted by atomic mass is 16.5. The summed E-state index contributed by atoms with van der Waals surface area (Å²) in [4.78, 5) is 25.2. The van der Waals surface area contributed by atoms with Crippen molar-refractivity contribution in [3.8, 4) is 11.3 Å². The molecule has 0 aliphatic carbocycles. The Bertz CT molecular complexity index is 726. The number of carbonyl (C=O) groups is 2. The van der Waals surface area contributed by atoms with Crippen LogP contribution in [0.1, 0.15) is 22.5 Å². The fraction of sp³-hybridized carbons (Fsp3) is 0.312. The van der Waals surface area contributed by atoms with Gasteiger partial charge >= 0.3 is 6.09 Å². The SMILES string of the molecule is Cc1onc(-c2ccccc2)c1C(=O)N1CCC(NC(=O)O)C1. The molecule has 1 aromatic heterocycles. The molecule has 1 saturated heterocycles. The van der Waals surface area contributed by atoms with Gasteiger partial charge in [0.2, 0.25) is 0 Å². The quantitative estimate of drug-likeness (QED) is 0.904. The average Bonchev–Trinajstić information content (AvgIpc) is 3.14. The monoisotopic (exact) mass is 315 g/mol. The van der Waals surface area contributed by atoms with Crippen LogP contribution in [0.4, 0.5) is 4.79 Å².